The highest BCUT2D eigenvalue weighted by molar-refractivity contribution is 5.52. The molecule has 2 aromatic carbocycles. The summed E-state index contributed by atoms with van der Waals surface area (Å²) < 4.78 is 19.3. The average molecular weight is 271 g/mol. The molecular weight excluding hydrogens is 253 g/mol. The van der Waals surface area contributed by atoms with Gasteiger partial charge in [0.25, 0.3) is 0 Å². The van der Waals surface area contributed by atoms with Crippen molar-refractivity contribution in [1.29, 1.82) is 0 Å². The van der Waals surface area contributed by atoms with Gasteiger partial charge in [-0.05, 0) is 31.5 Å². The lowest BCUT2D eigenvalue weighted by molar-refractivity contribution is 0.290. The van der Waals surface area contributed by atoms with E-state index in [1.807, 2.05) is 50.3 Å². The van der Waals surface area contributed by atoms with Gasteiger partial charge in [0.2, 0.25) is 0 Å². The average Bonchev–Trinajstić information content (AvgIpc) is 2.48. The van der Waals surface area contributed by atoms with E-state index in [0.29, 0.717) is 6.61 Å². The molecule has 1 N–H and O–H groups in total. The zero-order chi connectivity index (χ0) is 14.4. The minimum atomic E-state index is -0.357. The number of anilines is 1. The fraction of sp³-hybridized carbons (Fsp3) is 0.176. The van der Waals surface area contributed by atoms with Crippen LogP contribution in [-0.2, 0) is 6.61 Å². The smallest absolute Gasteiger partial charge is 0.165 e. The monoisotopic (exact) mass is 271 g/mol. The summed E-state index contributed by atoms with van der Waals surface area (Å²) in [6.07, 6.45) is 1.95. The Kier molecular flexibility index (Phi) is 4.77. The van der Waals surface area contributed by atoms with Crippen LogP contribution in [0, 0.1) is 5.82 Å². The lowest BCUT2D eigenvalue weighted by Crippen LogP contribution is -2.00. The molecule has 2 aromatic rings. The van der Waals surface area contributed by atoms with E-state index >= 15 is 0 Å². The van der Waals surface area contributed by atoms with Gasteiger partial charge in [-0.25, -0.2) is 4.39 Å². The van der Waals surface area contributed by atoms with Crippen LogP contribution in [-0.4, -0.2) is 0 Å². The summed E-state index contributed by atoms with van der Waals surface area (Å²) in [5, 5.41) is 3.17. The molecule has 0 aliphatic rings. The molecule has 0 aromatic heterocycles. The molecule has 104 valence electrons. The molecule has 2 nitrogen and oxygen atoms in total. The second kappa shape index (κ2) is 6.75. The topological polar surface area (TPSA) is 21.3 Å². The van der Waals surface area contributed by atoms with Crippen LogP contribution in [0.1, 0.15) is 19.4 Å². The zero-order valence-corrected chi connectivity index (χ0v) is 11.7. The van der Waals surface area contributed by atoms with Crippen molar-refractivity contribution in [2.75, 3.05) is 5.32 Å². The van der Waals surface area contributed by atoms with E-state index < -0.39 is 0 Å². The van der Waals surface area contributed by atoms with Gasteiger partial charge >= 0.3 is 0 Å². The first kappa shape index (κ1) is 14.1. The molecular formula is C17H18FNO. The second-order valence-electron chi connectivity index (χ2n) is 4.52. The van der Waals surface area contributed by atoms with Gasteiger partial charge in [-0.3, -0.25) is 0 Å². The number of nitrogens with one attached hydrogen (secondary N) is 1. The van der Waals surface area contributed by atoms with E-state index in [2.05, 4.69) is 5.32 Å². The first-order valence-corrected chi connectivity index (χ1v) is 6.55. The predicted molar refractivity (Wildman–Crippen MR) is 80.2 cm³/mol. The Morgan fingerprint density at radius 3 is 2.65 bits per heavy atom. The van der Waals surface area contributed by atoms with Gasteiger partial charge in [0.1, 0.15) is 6.61 Å². The van der Waals surface area contributed by atoms with E-state index in [1.165, 1.54) is 6.07 Å². The minimum Gasteiger partial charge on any atom is -0.486 e. The van der Waals surface area contributed by atoms with E-state index in [9.17, 15) is 4.39 Å². The maximum atomic E-state index is 13.7. The van der Waals surface area contributed by atoms with E-state index in [0.717, 1.165) is 16.9 Å². The standard InChI is InChI=1S/C17H18FNO/c1-3-13(2)19-15-9-10-16(18)17(11-15)20-12-14-7-5-4-6-8-14/h3-11,19H,12H2,1-2H3. The third kappa shape index (κ3) is 3.85. The minimum absolute atomic E-state index is 0.253. The zero-order valence-electron chi connectivity index (χ0n) is 11.7. The van der Waals surface area contributed by atoms with Crippen molar-refractivity contribution in [3.8, 4) is 5.75 Å². The Bertz CT molecular complexity index is 593. The molecule has 0 radical (unpaired) electrons. The third-order valence-electron chi connectivity index (χ3n) is 2.94. The Hall–Kier alpha value is -2.29. The van der Waals surface area contributed by atoms with Crippen molar-refractivity contribution in [2.24, 2.45) is 0 Å². The molecule has 0 amide bonds. The molecule has 0 bridgehead atoms. The highest BCUT2D eigenvalue weighted by Crippen LogP contribution is 2.23. The van der Waals surface area contributed by atoms with Gasteiger partial charge < -0.3 is 10.1 Å². The number of benzene rings is 2. The second-order valence-corrected chi connectivity index (χ2v) is 4.52. The van der Waals surface area contributed by atoms with Crippen molar-refractivity contribution < 1.29 is 9.13 Å². The molecule has 2 rings (SSSR count). The predicted octanol–water partition coefficient (Wildman–Crippen LogP) is 4.74. The van der Waals surface area contributed by atoms with Crippen molar-refractivity contribution in [1.82, 2.24) is 0 Å². The summed E-state index contributed by atoms with van der Waals surface area (Å²) in [6.45, 7) is 4.25. The van der Waals surface area contributed by atoms with Crippen molar-refractivity contribution in [3.63, 3.8) is 0 Å². The van der Waals surface area contributed by atoms with Gasteiger partial charge in [-0.15, -0.1) is 0 Å². The summed E-state index contributed by atoms with van der Waals surface area (Å²) in [7, 11) is 0. The Labute approximate surface area is 118 Å². The Balaban J connectivity index is 2.09. The fourth-order valence-electron chi connectivity index (χ4n) is 1.73. The number of hydrogen-bond donors (Lipinski definition) is 1. The lowest BCUT2D eigenvalue weighted by atomic mass is 10.2. The quantitative estimate of drug-likeness (QED) is 0.848. The summed E-state index contributed by atoms with van der Waals surface area (Å²) in [6, 6.07) is 14.5. The van der Waals surface area contributed by atoms with Crippen LogP contribution in [0.5, 0.6) is 5.75 Å². The number of allylic oxidation sites excluding steroid dienone is 2. The number of halogens is 1. The van der Waals surface area contributed by atoms with Crippen LogP contribution in [0.25, 0.3) is 0 Å². The number of ether oxygens (including phenoxy) is 1. The molecule has 0 atom stereocenters. The summed E-state index contributed by atoms with van der Waals surface area (Å²) in [4.78, 5) is 0. The summed E-state index contributed by atoms with van der Waals surface area (Å²) in [5.74, 6) is -0.104. The highest BCUT2D eigenvalue weighted by Gasteiger charge is 2.05. The Morgan fingerprint density at radius 1 is 1.20 bits per heavy atom. The van der Waals surface area contributed by atoms with Crippen molar-refractivity contribution in [3.05, 3.63) is 71.7 Å². The fourth-order valence-corrected chi connectivity index (χ4v) is 1.73. The molecule has 0 saturated carbocycles. The molecule has 0 aliphatic carbocycles. The summed E-state index contributed by atoms with van der Waals surface area (Å²) >= 11 is 0. The number of rotatable bonds is 5. The molecule has 3 heteroatoms. The van der Waals surface area contributed by atoms with Gasteiger partial charge in [0, 0.05) is 17.5 Å². The third-order valence-corrected chi connectivity index (χ3v) is 2.94. The van der Waals surface area contributed by atoms with E-state index in [-0.39, 0.29) is 11.6 Å². The maximum absolute atomic E-state index is 13.7. The molecule has 0 spiro atoms. The molecule has 0 unspecified atom stereocenters. The molecule has 0 aliphatic heterocycles. The molecule has 0 heterocycles. The van der Waals surface area contributed by atoms with Gasteiger partial charge in [-0.2, -0.15) is 0 Å². The molecule has 20 heavy (non-hydrogen) atoms. The SMILES string of the molecule is CC=C(C)Nc1ccc(F)c(OCc2ccccc2)c1. The van der Waals surface area contributed by atoms with Crippen LogP contribution in [0.4, 0.5) is 10.1 Å². The van der Waals surface area contributed by atoms with Gasteiger partial charge in [-0.1, -0.05) is 36.4 Å². The first-order valence-electron chi connectivity index (χ1n) is 6.55. The van der Waals surface area contributed by atoms with Crippen molar-refractivity contribution in [2.45, 2.75) is 20.5 Å². The Morgan fingerprint density at radius 2 is 1.95 bits per heavy atom. The van der Waals surface area contributed by atoms with Gasteiger partial charge in [0.05, 0.1) is 0 Å². The van der Waals surface area contributed by atoms with Crippen LogP contribution in [0.15, 0.2) is 60.3 Å². The van der Waals surface area contributed by atoms with Crippen LogP contribution >= 0.6 is 0 Å². The highest BCUT2D eigenvalue weighted by atomic mass is 19.1. The van der Waals surface area contributed by atoms with E-state index in [1.54, 1.807) is 12.1 Å². The van der Waals surface area contributed by atoms with Crippen LogP contribution in [0.2, 0.25) is 0 Å². The normalized spacial score (nSPS) is 11.2. The maximum Gasteiger partial charge on any atom is 0.165 e. The van der Waals surface area contributed by atoms with Crippen molar-refractivity contribution >= 4 is 5.69 Å². The largest absolute Gasteiger partial charge is 0.486 e. The van der Waals surface area contributed by atoms with Crippen LogP contribution < -0.4 is 10.1 Å². The van der Waals surface area contributed by atoms with Gasteiger partial charge in [0.15, 0.2) is 11.6 Å². The molecule has 0 saturated heterocycles. The number of hydrogen-bond acceptors (Lipinski definition) is 2. The van der Waals surface area contributed by atoms with E-state index in [4.69, 9.17) is 4.74 Å². The molecule has 0 fully saturated rings. The first-order chi connectivity index (χ1) is 9.69. The van der Waals surface area contributed by atoms with Crippen LogP contribution in [0.3, 0.4) is 0 Å². The summed E-state index contributed by atoms with van der Waals surface area (Å²) in [5.41, 5.74) is 2.82. The lowest BCUT2D eigenvalue weighted by Gasteiger charge is -2.11.